The molecule has 1 heterocycles. The minimum Gasteiger partial charge on any atom is -0.395 e. The lowest BCUT2D eigenvalue weighted by Gasteiger charge is -2.06. The molecule has 2 aromatic rings. The third kappa shape index (κ3) is 2.31. The van der Waals surface area contributed by atoms with Gasteiger partial charge in [0.2, 0.25) is 0 Å². The summed E-state index contributed by atoms with van der Waals surface area (Å²) in [5.74, 6) is 0. The highest BCUT2D eigenvalue weighted by Crippen LogP contribution is 2.33. The highest BCUT2D eigenvalue weighted by Gasteiger charge is 2.11. The molecule has 0 saturated carbocycles. The van der Waals surface area contributed by atoms with Crippen molar-refractivity contribution in [1.29, 1.82) is 0 Å². The fourth-order valence-corrected chi connectivity index (χ4v) is 2.69. The van der Waals surface area contributed by atoms with Gasteiger partial charge in [-0.15, -0.1) is 0 Å². The van der Waals surface area contributed by atoms with Crippen LogP contribution < -0.4 is 5.73 Å². The maximum absolute atomic E-state index is 6.02. The first-order chi connectivity index (χ1) is 7.99. The number of anilines is 1. The fraction of sp³-hybridized carbons (Fsp3) is 0.308. The number of hydrogen-bond acceptors (Lipinski definition) is 3. The minimum atomic E-state index is 0.774. The molecule has 17 heavy (non-hydrogen) atoms. The first-order valence-corrected chi connectivity index (χ1v) is 6.35. The molecule has 0 bridgehead atoms. The number of nitrogens with two attached hydrogens (primary N) is 1. The zero-order chi connectivity index (χ0) is 12.6. The summed E-state index contributed by atoms with van der Waals surface area (Å²) in [6.45, 7) is 6.17. The third-order valence-corrected chi connectivity index (χ3v) is 4.07. The molecule has 0 unspecified atom stereocenters. The Kier molecular flexibility index (Phi) is 3.15. The lowest BCUT2D eigenvalue weighted by atomic mass is 10.1. The summed E-state index contributed by atoms with van der Waals surface area (Å²) in [7, 11) is 1.92. The van der Waals surface area contributed by atoms with Crippen molar-refractivity contribution < 1.29 is 0 Å². The van der Waals surface area contributed by atoms with Crippen LogP contribution in [0.15, 0.2) is 28.1 Å². The molecule has 0 fully saturated rings. The van der Waals surface area contributed by atoms with Crippen LogP contribution in [-0.4, -0.2) is 9.78 Å². The molecule has 2 N–H and O–H groups in total. The van der Waals surface area contributed by atoms with Crippen LogP contribution in [0.25, 0.3) is 0 Å². The van der Waals surface area contributed by atoms with Crippen molar-refractivity contribution in [3.8, 4) is 0 Å². The van der Waals surface area contributed by atoms with Crippen molar-refractivity contribution in [2.75, 3.05) is 5.73 Å². The number of rotatable bonds is 2. The second kappa shape index (κ2) is 4.45. The first kappa shape index (κ1) is 12.0. The van der Waals surface area contributed by atoms with E-state index in [0.29, 0.717) is 0 Å². The SMILES string of the molecule is Cc1ccc(Sc2c(N)c(C)nn2C)cc1C. The van der Waals surface area contributed by atoms with Crippen molar-refractivity contribution in [2.24, 2.45) is 7.05 Å². The number of aryl methyl sites for hydroxylation is 4. The van der Waals surface area contributed by atoms with Crippen LogP contribution in [0.2, 0.25) is 0 Å². The monoisotopic (exact) mass is 247 g/mol. The van der Waals surface area contributed by atoms with Crippen LogP contribution in [0.1, 0.15) is 16.8 Å². The van der Waals surface area contributed by atoms with Crippen molar-refractivity contribution in [2.45, 2.75) is 30.7 Å². The lowest BCUT2D eigenvalue weighted by molar-refractivity contribution is 0.693. The molecule has 0 radical (unpaired) electrons. The molecular formula is C13H17N3S. The molecule has 3 nitrogen and oxygen atoms in total. The van der Waals surface area contributed by atoms with Gasteiger partial charge in [0.05, 0.1) is 11.4 Å². The zero-order valence-electron chi connectivity index (χ0n) is 10.6. The minimum absolute atomic E-state index is 0.774. The maximum atomic E-state index is 6.02. The summed E-state index contributed by atoms with van der Waals surface area (Å²) in [6.07, 6.45) is 0. The summed E-state index contributed by atoms with van der Waals surface area (Å²) in [5.41, 5.74) is 10.3. The molecule has 0 aliphatic heterocycles. The second-order valence-electron chi connectivity index (χ2n) is 4.28. The normalized spacial score (nSPS) is 10.8. The van der Waals surface area contributed by atoms with E-state index in [1.165, 1.54) is 16.0 Å². The first-order valence-electron chi connectivity index (χ1n) is 5.53. The molecule has 0 spiro atoms. The molecule has 1 aromatic carbocycles. The molecule has 2 rings (SSSR count). The van der Waals surface area contributed by atoms with Gasteiger partial charge >= 0.3 is 0 Å². The topological polar surface area (TPSA) is 43.8 Å². The van der Waals surface area contributed by atoms with Crippen molar-refractivity contribution in [1.82, 2.24) is 9.78 Å². The van der Waals surface area contributed by atoms with Gasteiger partial charge in [-0.25, -0.2) is 0 Å². The summed E-state index contributed by atoms with van der Waals surface area (Å²) >= 11 is 1.66. The Bertz CT molecular complexity index is 558. The average molecular weight is 247 g/mol. The Morgan fingerprint density at radius 3 is 2.41 bits per heavy atom. The van der Waals surface area contributed by atoms with Gasteiger partial charge in [0.15, 0.2) is 0 Å². The van der Waals surface area contributed by atoms with E-state index >= 15 is 0 Å². The summed E-state index contributed by atoms with van der Waals surface area (Å²) < 4.78 is 1.84. The molecule has 1 aromatic heterocycles. The van der Waals surface area contributed by atoms with Gasteiger partial charge < -0.3 is 5.73 Å². The molecule has 4 heteroatoms. The Labute approximate surface area is 106 Å². The Morgan fingerprint density at radius 1 is 1.18 bits per heavy atom. The maximum Gasteiger partial charge on any atom is 0.122 e. The number of benzene rings is 1. The largest absolute Gasteiger partial charge is 0.395 e. The molecule has 0 amide bonds. The molecule has 0 aliphatic rings. The summed E-state index contributed by atoms with van der Waals surface area (Å²) in [5, 5.41) is 5.32. The van der Waals surface area contributed by atoms with E-state index in [2.05, 4.69) is 37.1 Å². The Balaban J connectivity index is 2.34. The van der Waals surface area contributed by atoms with E-state index in [4.69, 9.17) is 5.73 Å². The fourth-order valence-electron chi connectivity index (χ4n) is 1.66. The Morgan fingerprint density at radius 2 is 1.88 bits per heavy atom. The summed E-state index contributed by atoms with van der Waals surface area (Å²) in [6, 6.07) is 6.44. The van der Waals surface area contributed by atoms with E-state index in [1.54, 1.807) is 11.8 Å². The second-order valence-corrected chi connectivity index (χ2v) is 5.34. The van der Waals surface area contributed by atoms with Crippen LogP contribution in [0.3, 0.4) is 0 Å². The lowest BCUT2D eigenvalue weighted by Crippen LogP contribution is -1.94. The predicted molar refractivity (Wildman–Crippen MR) is 72.4 cm³/mol. The highest BCUT2D eigenvalue weighted by atomic mass is 32.2. The number of aromatic nitrogens is 2. The molecule has 0 saturated heterocycles. The van der Waals surface area contributed by atoms with E-state index in [9.17, 15) is 0 Å². The quantitative estimate of drug-likeness (QED) is 0.887. The van der Waals surface area contributed by atoms with E-state index in [0.717, 1.165) is 16.4 Å². The zero-order valence-corrected chi connectivity index (χ0v) is 11.4. The van der Waals surface area contributed by atoms with E-state index in [1.807, 2.05) is 18.7 Å². The van der Waals surface area contributed by atoms with Crippen LogP contribution >= 0.6 is 11.8 Å². The molecule has 90 valence electrons. The van der Waals surface area contributed by atoms with Crippen molar-refractivity contribution in [3.05, 3.63) is 35.0 Å². The van der Waals surface area contributed by atoms with Crippen LogP contribution in [0, 0.1) is 20.8 Å². The summed E-state index contributed by atoms with van der Waals surface area (Å²) in [4.78, 5) is 1.20. The van der Waals surface area contributed by atoms with Gasteiger partial charge in [-0.05, 0) is 44.0 Å². The van der Waals surface area contributed by atoms with Crippen LogP contribution in [0.5, 0.6) is 0 Å². The van der Waals surface area contributed by atoms with Crippen LogP contribution in [0.4, 0.5) is 5.69 Å². The van der Waals surface area contributed by atoms with Crippen LogP contribution in [-0.2, 0) is 7.05 Å². The molecule has 0 atom stereocenters. The number of nitrogens with zero attached hydrogens (tertiary/aromatic N) is 2. The van der Waals surface area contributed by atoms with E-state index < -0.39 is 0 Å². The van der Waals surface area contributed by atoms with Gasteiger partial charge in [-0.1, -0.05) is 17.8 Å². The van der Waals surface area contributed by atoms with E-state index in [-0.39, 0.29) is 0 Å². The number of nitrogen functional groups attached to an aromatic ring is 1. The molecule has 0 aliphatic carbocycles. The van der Waals surface area contributed by atoms with Crippen molar-refractivity contribution in [3.63, 3.8) is 0 Å². The standard InChI is InChI=1S/C13H17N3S/c1-8-5-6-11(7-9(8)2)17-13-12(14)10(3)15-16(13)4/h5-7H,14H2,1-4H3. The van der Waals surface area contributed by atoms with Gasteiger partial charge in [0.25, 0.3) is 0 Å². The van der Waals surface area contributed by atoms with Gasteiger partial charge in [0, 0.05) is 11.9 Å². The smallest absolute Gasteiger partial charge is 0.122 e. The van der Waals surface area contributed by atoms with Gasteiger partial charge in [-0.3, -0.25) is 4.68 Å². The third-order valence-electron chi connectivity index (χ3n) is 2.91. The molecular weight excluding hydrogens is 230 g/mol. The van der Waals surface area contributed by atoms with Gasteiger partial charge in [-0.2, -0.15) is 5.10 Å². The average Bonchev–Trinajstić information content (AvgIpc) is 2.50. The highest BCUT2D eigenvalue weighted by molar-refractivity contribution is 7.99. The Hall–Kier alpha value is -1.42. The number of hydrogen-bond donors (Lipinski definition) is 1. The van der Waals surface area contributed by atoms with Crippen molar-refractivity contribution >= 4 is 17.4 Å². The van der Waals surface area contributed by atoms with Gasteiger partial charge in [0.1, 0.15) is 5.03 Å². The predicted octanol–water partition coefficient (Wildman–Crippen LogP) is 3.08.